The molecule has 0 unspecified atom stereocenters. The SMILES string of the molecule is CSc1sc(NS(=O)(=O)c2ccc3c(c2)CCCC3)nc1C. The second kappa shape index (κ2) is 6.22. The van der Waals surface area contributed by atoms with Crippen LogP contribution in [0.25, 0.3) is 0 Å². The molecule has 2 aromatic rings. The van der Waals surface area contributed by atoms with E-state index < -0.39 is 10.0 Å². The van der Waals surface area contributed by atoms with Gasteiger partial charge in [0.2, 0.25) is 0 Å². The zero-order chi connectivity index (χ0) is 15.7. The van der Waals surface area contributed by atoms with Crippen molar-refractivity contribution >= 4 is 38.3 Å². The highest BCUT2D eigenvalue weighted by Gasteiger charge is 2.19. The molecular formula is C15H18N2O2S3. The summed E-state index contributed by atoms with van der Waals surface area (Å²) in [6.45, 7) is 1.89. The molecule has 0 saturated carbocycles. The lowest BCUT2D eigenvalue weighted by Crippen LogP contribution is -2.14. The van der Waals surface area contributed by atoms with Gasteiger partial charge in [0.25, 0.3) is 10.0 Å². The highest BCUT2D eigenvalue weighted by atomic mass is 32.2. The molecule has 22 heavy (non-hydrogen) atoms. The number of benzene rings is 1. The van der Waals surface area contributed by atoms with E-state index in [-0.39, 0.29) is 0 Å². The van der Waals surface area contributed by atoms with Crippen LogP contribution in [0.2, 0.25) is 0 Å². The maximum Gasteiger partial charge on any atom is 0.263 e. The predicted octanol–water partition coefficient (Wildman–Crippen LogP) is 3.85. The Kier molecular flexibility index (Phi) is 4.47. The van der Waals surface area contributed by atoms with Crippen LogP contribution in [0.4, 0.5) is 5.13 Å². The number of hydrogen-bond donors (Lipinski definition) is 1. The fraction of sp³-hybridized carbons (Fsp3) is 0.400. The first-order chi connectivity index (χ1) is 10.5. The number of thioether (sulfide) groups is 1. The fourth-order valence-electron chi connectivity index (χ4n) is 2.67. The summed E-state index contributed by atoms with van der Waals surface area (Å²) in [7, 11) is -3.57. The third kappa shape index (κ3) is 3.16. The van der Waals surface area contributed by atoms with Crippen molar-refractivity contribution in [2.24, 2.45) is 0 Å². The van der Waals surface area contributed by atoms with Crippen molar-refractivity contribution in [3.63, 3.8) is 0 Å². The van der Waals surface area contributed by atoms with Crippen LogP contribution in [0.5, 0.6) is 0 Å². The molecule has 0 saturated heterocycles. The van der Waals surface area contributed by atoms with Crippen molar-refractivity contribution in [3.05, 3.63) is 35.0 Å². The lowest BCUT2D eigenvalue weighted by atomic mass is 9.92. The van der Waals surface area contributed by atoms with E-state index in [0.29, 0.717) is 10.0 Å². The van der Waals surface area contributed by atoms with Gasteiger partial charge < -0.3 is 0 Å². The van der Waals surface area contributed by atoms with E-state index in [1.54, 1.807) is 17.8 Å². The normalized spacial score (nSPS) is 14.6. The van der Waals surface area contributed by atoms with E-state index in [1.807, 2.05) is 25.3 Å². The van der Waals surface area contributed by atoms with E-state index in [2.05, 4.69) is 9.71 Å². The number of rotatable bonds is 4. The first kappa shape index (κ1) is 15.8. The number of nitrogens with zero attached hydrogens (tertiary/aromatic N) is 1. The Morgan fingerprint density at radius 2 is 1.95 bits per heavy atom. The van der Waals surface area contributed by atoms with Crippen molar-refractivity contribution in [1.29, 1.82) is 0 Å². The first-order valence-electron chi connectivity index (χ1n) is 7.15. The van der Waals surface area contributed by atoms with Gasteiger partial charge in [-0.3, -0.25) is 4.72 Å². The van der Waals surface area contributed by atoms with Crippen LogP contribution < -0.4 is 4.72 Å². The van der Waals surface area contributed by atoms with Gasteiger partial charge in [0.1, 0.15) is 0 Å². The molecule has 0 atom stereocenters. The zero-order valence-corrected chi connectivity index (χ0v) is 15.0. The molecule has 0 aliphatic heterocycles. The van der Waals surface area contributed by atoms with Crippen molar-refractivity contribution in [1.82, 2.24) is 4.98 Å². The van der Waals surface area contributed by atoms with E-state index in [1.165, 1.54) is 23.3 Å². The van der Waals surface area contributed by atoms with Gasteiger partial charge in [0.15, 0.2) is 5.13 Å². The summed E-state index contributed by atoms with van der Waals surface area (Å²) in [4.78, 5) is 4.61. The van der Waals surface area contributed by atoms with Crippen molar-refractivity contribution in [2.45, 2.75) is 41.7 Å². The topological polar surface area (TPSA) is 59.1 Å². The van der Waals surface area contributed by atoms with Crippen LogP contribution in [-0.4, -0.2) is 19.7 Å². The van der Waals surface area contributed by atoms with Crippen LogP contribution in [0, 0.1) is 6.92 Å². The second-order valence-corrected chi connectivity index (χ2v) is 9.10. The Morgan fingerprint density at radius 1 is 1.23 bits per heavy atom. The number of sulfonamides is 1. The van der Waals surface area contributed by atoms with Gasteiger partial charge in [0.05, 0.1) is 14.8 Å². The monoisotopic (exact) mass is 354 g/mol. The minimum Gasteiger partial charge on any atom is -0.255 e. The average molecular weight is 355 g/mol. The third-order valence-corrected chi connectivity index (χ3v) is 7.54. The largest absolute Gasteiger partial charge is 0.263 e. The second-order valence-electron chi connectivity index (χ2n) is 5.34. The number of hydrogen-bond acceptors (Lipinski definition) is 5. The molecule has 0 amide bonds. The first-order valence-corrected chi connectivity index (χ1v) is 10.7. The summed E-state index contributed by atoms with van der Waals surface area (Å²) >= 11 is 2.95. The Bertz CT molecular complexity index is 797. The number of nitrogens with one attached hydrogen (secondary N) is 1. The summed E-state index contributed by atoms with van der Waals surface area (Å²) in [5.74, 6) is 0. The Hall–Kier alpha value is -1.05. The molecule has 1 N–H and O–H groups in total. The molecule has 0 spiro atoms. The van der Waals surface area contributed by atoms with Gasteiger partial charge in [-0.05, 0) is 62.1 Å². The molecule has 1 aliphatic carbocycles. The summed E-state index contributed by atoms with van der Waals surface area (Å²) in [6, 6.07) is 5.46. The summed E-state index contributed by atoms with van der Waals surface area (Å²) in [6.07, 6.45) is 6.29. The highest BCUT2D eigenvalue weighted by Crippen LogP contribution is 2.32. The summed E-state index contributed by atoms with van der Waals surface area (Å²) in [5, 5.41) is 0.430. The molecule has 1 heterocycles. The molecule has 0 radical (unpaired) electrons. The highest BCUT2D eigenvalue weighted by molar-refractivity contribution is 8.00. The Labute approximate surface area is 139 Å². The molecule has 1 aromatic carbocycles. The summed E-state index contributed by atoms with van der Waals surface area (Å²) < 4.78 is 28.7. The lowest BCUT2D eigenvalue weighted by Gasteiger charge is -2.16. The molecule has 0 fully saturated rings. The van der Waals surface area contributed by atoms with Gasteiger partial charge >= 0.3 is 0 Å². The van der Waals surface area contributed by atoms with Crippen molar-refractivity contribution in [2.75, 3.05) is 11.0 Å². The molecule has 3 rings (SSSR count). The quantitative estimate of drug-likeness (QED) is 0.847. The smallest absolute Gasteiger partial charge is 0.255 e. The fourth-order valence-corrected chi connectivity index (χ4v) is 5.56. The predicted molar refractivity (Wildman–Crippen MR) is 92.5 cm³/mol. The molecule has 7 heteroatoms. The van der Waals surface area contributed by atoms with Gasteiger partial charge in [-0.1, -0.05) is 17.4 Å². The van der Waals surface area contributed by atoms with Crippen molar-refractivity contribution in [3.8, 4) is 0 Å². The van der Waals surface area contributed by atoms with Crippen LogP contribution >= 0.6 is 23.1 Å². The Balaban J connectivity index is 1.89. The van der Waals surface area contributed by atoms with Crippen LogP contribution in [0.1, 0.15) is 29.7 Å². The third-order valence-electron chi connectivity index (χ3n) is 3.79. The number of aromatic nitrogens is 1. The zero-order valence-electron chi connectivity index (χ0n) is 12.5. The van der Waals surface area contributed by atoms with Crippen LogP contribution in [0.15, 0.2) is 27.3 Å². The lowest BCUT2D eigenvalue weighted by molar-refractivity contribution is 0.600. The molecule has 0 bridgehead atoms. The Morgan fingerprint density at radius 3 is 2.64 bits per heavy atom. The van der Waals surface area contributed by atoms with Gasteiger partial charge in [-0.15, -0.1) is 11.8 Å². The average Bonchev–Trinajstić information content (AvgIpc) is 2.85. The van der Waals surface area contributed by atoms with E-state index >= 15 is 0 Å². The van der Waals surface area contributed by atoms with Crippen molar-refractivity contribution < 1.29 is 8.42 Å². The summed E-state index contributed by atoms with van der Waals surface area (Å²) in [5.41, 5.74) is 3.30. The molecule has 1 aromatic heterocycles. The number of aryl methyl sites for hydroxylation is 3. The maximum absolute atomic E-state index is 12.5. The van der Waals surface area contributed by atoms with Crippen LogP contribution in [-0.2, 0) is 22.9 Å². The number of anilines is 1. The molecule has 1 aliphatic rings. The molecular weight excluding hydrogens is 336 g/mol. The standard InChI is InChI=1S/C15H18N2O2S3/c1-10-14(20-2)21-15(16-10)17-22(18,19)13-8-7-11-5-3-4-6-12(11)9-13/h7-9H,3-6H2,1-2H3,(H,16,17). The van der Waals surface area contributed by atoms with Crippen LogP contribution in [0.3, 0.4) is 0 Å². The number of thiazole rings is 1. The van der Waals surface area contributed by atoms with Gasteiger partial charge in [0, 0.05) is 0 Å². The van der Waals surface area contributed by atoms with Gasteiger partial charge in [-0.25, -0.2) is 13.4 Å². The minimum atomic E-state index is -3.57. The van der Waals surface area contributed by atoms with E-state index in [9.17, 15) is 8.42 Å². The molecule has 4 nitrogen and oxygen atoms in total. The molecule has 118 valence electrons. The maximum atomic E-state index is 12.5. The van der Waals surface area contributed by atoms with Gasteiger partial charge in [-0.2, -0.15) is 0 Å². The minimum absolute atomic E-state index is 0.326. The number of fused-ring (bicyclic) bond motifs is 1. The van der Waals surface area contributed by atoms with E-state index in [4.69, 9.17) is 0 Å². The van der Waals surface area contributed by atoms with E-state index in [0.717, 1.165) is 34.7 Å².